The maximum absolute atomic E-state index is 10.2. The van der Waals surface area contributed by atoms with Gasteiger partial charge < -0.3 is 14.3 Å². The Morgan fingerprint density at radius 1 is 1.24 bits per heavy atom. The van der Waals surface area contributed by atoms with Crippen molar-refractivity contribution in [3.63, 3.8) is 0 Å². The van der Waals surface area contributed by atoms with Gasteiger partial charge in [-0.1, -0.05) is 0 Å². The Morgan fingerprint density at radius 3 is 2.24 bits per heavy atom. The first-order chi connectivity index (χ1) is 7.78. The van der Waals surface area contributed by atoms with Crippen molar-refractivity contribution in [2.24, 2.45) is 0 Å². The summed E-state index contributed by atoms with van der Waals surface area (Å²) in [4.78, 5) is 0. The quantitative estimate of drug-likeness (QED) is 0.857. The van der Waals surface area contributed by atoms with Gasteiger partial charge in [0.25, 0.3) is 0 Å². The van der Waals surface area contributed by atoms with Crippen molar-refractivity contribution in [1.82, 2.24) is 0 Å². The van der Waals surface area contributed by atoms with Gasteiger partial charge in [0.2, 0.25) is 0 Å². The van der Waals surface area contributed by atoms with Crippen LogP contribution in [0.15, 0.2) is 4.42 Å². The Bertz CT molecular complexity index is 377. The predicted molar refractivity (Wildman–Crippen MR) is 68.2 cm³/mol. The highest BCUT2D eigenvalue weighted by atomic mass is 16.5. The minimum absolute atomic E-state index is 0.193. The molecule has 0 radical (unpaired) electrons. The number of furan rings is 1. The number of aliphatic hydroxyl groups is 1. The SMILES string of the molecule is COC(C)(C)CCC(O)c1c(C)oc(C)c1C. The first-order valence-electron chi connectivity index (χ1n) is 6.08. The summed E-state index contributed by atoms with van der Waals surface area (Å²) in [6, 6.07) is 0. The van der Waals surface area contributed by atoms with E-state index in [4.69, 9.17) is 9.15 Å². The molecule has 1 unspecified atom stereocenters. The topological polar surface area (TPSA) is 42.6 Å². The van der Waals surface area contributed by atoms with Crippen LogP contribution in [-0.4, -0.2) is 17.8 Å². The van der Waals surface area contributed by atoms with Crippen LogP contribution in [0.4, 0.5) is 0 Å². The number of aliphatic hydroxyl groups excluding tert-OH is 1. The molecule has 1 rings (SSSR count). The van der Waals surface area contributed by atoms with E-state index in [2.05, 4.69) is 0 Å². The van der Waals surface area contributed by atoms with Gasteiger partial charge in [-0.15, -0.1) is 0 Å². The molecular formula is C14H24O3. The first kappa shape index (κ1) is 14.3. The van der Waals surface area contributed by atoms with Gasteiger partial charge in [0.15, 0.2) is 0 Å². The summed E-state index contributed by atoms with van der Waals surface area (Å²) in [5, 5.41) is 10.2. The third-order valence-electron chi connectivity index (χ3n) is 3.52. The van der Waals surface area contributed by atoms with Crippen LogP contribution in [0.5, 0.6) is 0 Å². The molecule has 0 aliphatic rings. The van der Waals surface area contributed by atoms with Gasteiger partial charge in [-0.05, 0) is 53.0 Å². The van der Waals surface area contributed by atoms with Crippen LogP contribution < -0.4 is 0 Å². The van der Waals surface area contributed by atoms with Gasteiger partial charge in [-0.25, -0.2) is 0 Å². The summed E-state index contributed by atoms with van der Waals surface area (Å²) in [6.45, 7) is 9.88. The number of aryl methyl sites for hydroxylation is 2. The van der Waals surface area contributed by atoms with Gasteiger partial charge in [-0.3, -0.25) is 0 Å². The summed E-state index contributed by atoms with van der Waals surface area (Å²) in [5.41, 5.74) is 1.81. The molecule has 0 saturated carbocycles. The fourth-order valence-electron chi connectivity index (χ4n) is 2.03. The number of rotatable bonds is 5. The molecule has 3 nitrogen and oxygen atoms in total. The van der Waals surface area contributed by atoms with Gasteiger partial charge in [0.05, 0.1) is 11.7 Å². The Labute approximate surface area is 104 Å². The van der Waals surface area contributed by atoms with Gasteiger partial charge in [0, 0.05) is 12.7 Å². The van der Waals surface area contributed by atoms with Gasteiger partial charge >= 0.3 is 0 Å². The highest BCUT2D eigenvalue weighted by Gasteiger charge is 2.23. The van der Waals surface area contributed by atoms with E-state index in [0.717, 1.165) is 29.1 Å². The second-order valence-electron chi connectivity index (χ2n) is 5.27. The van der Waals surface area contributed by atoms with Crippen LogP contribution in [0, 0.1) is 20.8 Å². The lowest BCUT2D eigenvalue weighted by Crippen LogP contribution is -2.23. The van der Waals surface area contributed by atoms with Crippen LogP contribution in [0.2, 0.25) is 0 Å². The lowest BCUT2D eigenvalue weighted by atomic mass is 9.95. The van der Waals surface area contributed by atoms with Crippen molar-refractivity contribution >= 4 is 0 Å². The maximum Gasteiger partial charge on any atom is 0.107 e. The molecule has 98 valence electrons. The van der Waals surface area contributed by atoms with Crippen molar-refractivity contribution in [3.05, 3.63) is 22.6 Å². The smallest absolute Gasteiger partial charge is 0.107 e. The molecule has 0 saturated heterocycles. The molecular weight excluding hydrogens is 216 g/mol. The molecule has 1 N–H and O–H groups in total. The Morgan fingerprint density at radius 2 is 1.82 bits per heavy atom. The zero-order valence-corrected chi connectivity index (χ0v) is 11.8. The summed E-state index contributed by atoms with van der Waals surface area (Å²) in [6.07, 6.45) is 1.02. The van der Waals surface area contributed by atoms with E-state index in [-0.39, 0.29) is 5.60 Å². The molecule has 0 aliphatic heterocycles. The van der Waals surface area contributed by atoms with E-state index in [1.165, 1.54) is 0 Å². The number of ether oxygens (including phenoxy) is 1. The first-order valence-corrected chi connectivity index (χ1v) is 6.08. The number of hydrogen-bond donors (Lipinski definition) is 1. The standard InChI is InChI=1S/C14H24O3/c1-9-10(2)17-11(3)13(9)12(15)7-8-14(4,5)16-6/h12,15H,7-8H2,1-6H3. The minimum Gasteiger partial charge on any atom is -0.466 e. The second kappa shape index (κ2) is 5.23. The predicted octanol–water partition coefficient (Wildman–Crippen LogP) is 3.44. The normalized spacial score (nSPS) is 14.1. The van der Waals surface area contributed by atoms with Crippen molar-refractivity contribution in [2.45, 2.75) is 59.2 Å². The summed E-state index contributed by atoms with van der Waals surface area (Å²) < 4.78 is 10.9. The van der Waals surface area contributed by atoms with Crippen LogP contribution in [-0.2, 0) is 4.74 Å². The molecule has 0 spiro atoms. The average Bonchev–Trinajstić information content (AvgIpc) is 2.50. The lowest BCUT2D eigenvalue weighted by molar-refractivity contribution is 0.00261. The third-order valence-corrected chi connectivity index (χ3v) is 3.52. The molecule has 3 heteroatoms. The lowest BCUT2D eigenvalue weighted by Gasteiger charge is -2.24. The van der Waals surface area contributed by atoms with E-state index < -0.39 is 6.10 Å². The monoisotopic (exact) mass is 240 g/mol. The molecule has 1 atom stereocenters. The average molecular weight is 240 g/mol. The molecule has 1 heterocycles. The van der Waals surface area contributed by atoms with E-state index in [1.807, 2.05) is 34.6 Å². The molecule has 1 aromatic heterocycles. The van der Waals surface area contributed by atoms with E-state index in [0.29, 0.717) is 6.42 Å². The zero-order chi connectivity index (χ0) is 13.2. The van der Waals surface area contributed by atoms with Gasteiger partial charge in [0.1, 0.15) is 11.5 Å². The van der Waals surface area contributed by atoms with Gasteiger partial charge in [-0.2, -0.15) is 0 Å². The van der Waals surface area contributed by atoms with Crippen molar-refractivity contribution < 1.29 is 14.3 Å². The summed E-state index contributed by atoms with van der Waals surface area (Å²) in [7, 11) is 1.70. The van der Waals surface area contributed by atoms with E-state index in [9.17, 15) is 5.11 Å². The largest absolute Gasteiger partial charge is 0.466 e. The highest BCUT2D eigenvalue weighted by Crippen LogP contribution is 2.31. The van der Waals surface area contributed by atoms with E-state index in [1.54, 1.807) is 7.11 Å². The Hall–Kier alpha value is -0.800. The third kappa shape index (κ3) is 3.33. The molecule has 1 aromatic rings. The van der Waals surface area contributed by atoms with E-state index >= 15 is 0 Å². The molecule has 0 aliphatic carbocycles. The molecule has 0 bridgehead atoms. The molecule has 0 fully saturated rings. The Balaban J connectivity index is 2.74. The molecule has 0 aromatic carbocycles. The summed E-state index contributed by atoms with van der Waals surface area (Å²) >= 11 is 0. The van der Waals surface area contributed by atoms with Crippen molar-refractivity contribution in [3.8, 4) is 0 Å². The molecule has 17 heavy (non-hydrogen) atoms. The maximum atomic E-state index is 10.2. The van der Waals surface area contributed by atoms with Crippen LogP contribution in [0.3, 0.4) is 0 Å². The van der Waals surface area contributed by atoms with Crippen LogP contribution in [0.1, 0.15) is 55.4 Å². The fraction of sp³-hybridized carbons (Fsp3) is 0.714. The minimum atomic E-state index is -0.470. The highest BCUT2D eigenvalue weighted by molar-refractivity contribution is 5.33. The van der Waals surface area contributed by atoms with Crippen molar-refractivity contribution in [1.29, 1.82) is 0 Å². The second-order valence-corrected chi connectivity index (χ2v) is 5.27. The summed E-state index contributed by atoms with van der Waals surface area (Å²) in [5.74, 6) is 1.71. The van der Waals surface area contributed by atoms with Crippen molar-refractivity contribution in [2.75, 3.05) is 7.11 Å². The zero-order valence-electron chi connectivity index (χ0n) is 11.8. The van der Waals surface area contributed by atoms with Crippen LogP contribution >= 0.6 is 0 Å². The number of methoxy groups -OCH3 is 1. The fourth-order valence-corrected chi connectivity index (χ4v) is 2.03. The Kier molecular flexibility index (Phi) is 4.39. The number of hydrogen-bond acceptors (Lipinski definition) is 3. The molecule has 0 amide bonds. The van der Waals surface area contributed by atoms with Crippen LogP contribution in [0.25, 0.3) is 0 Å².